The third-order valence-corrected chi connectivity index (χ3v) is 6.24. The van der Waals surface area contributed by atoms with Crippen LogP contribution in [0.5, 0.6) is 0 Å². The number of rotatable bonds is 6. The van der Waals surface area contributed by atoms with Gasteiger partial charge in [0.15, 0.2) is 6.61 Å². The molecule has 1 fully saturated rings. The zero-order valence-electron chi connectivity index (χ0n) is 15.6. The highest BCUT2D eigenvalue weighted by Gasteiger charge is 2.28. The molecule has 0 bridgehead atoms. The van der Waals surface area contributed by atoms with E-state index in [-0.39, 0.29) is 30.3 Å². The van der Waals surface area contributed by atoms with E-state index in [1.165, 1.54) is 18.2 Å². The molecule has 1 aromatic carbocycles. The summed E-state index contributed by atoms with van der Waals surface area (Å²) in [5, 5.41) is 3.02. The topological polar surface area (TPSA) is 55.4 Å². The molecule has 1 aromatic rings. The monoisotopic (exact) mass is 363 g/mol. The summed E-state index contributed by atoms with van der Waals surface area (Å²) in [6, 6.07) is 6.35. The molecule has 1 N–H and O–H groups in total. The second-order valence-electron chi connectivity index (χ2n) is 7.16. The van der Waals surface area contributed by atoms with E-state index in [2.05, 4.69) is 31.3 Å². The van der Waals surface area contributed by atoms with Crippen LogP contribution in [0.15, 0.2) is 23.1 Å². The maximum absolute atomic E-state index is 12.0. The standard InChI is InChI=1S/C20H29NO3S/c1-13-8-9-15(3)18(10-13)25-12-20(23)24-11-19(22)21-17-7-5-6-14(2)16(17)4/h8-10,14,16-17H,5-7,11-12H2,1-4H3,(H,21,22)/t14-,16+,17-/m1/s1. The molecule has 138 valence electrons. The Kier molecular flexibility index (Phi) is 7.36. The lowest BCUT2D eigenvalue weighted by Crippen LogP contribution is -2.45. The summed E-state index contributed by atoms with van der Waals surface area (Å²) < 4.78 is 5.13. The average molecular weight is 364 g/mol. The van der Waals surface area contributed by atoms with Crippen LogP contribution in [0.1, 0.15) is 44.2 Å². The number of hydrogen-bond acceptors (Lipinski definition) is 4. The minimum atomic E-state index is -0.355. The molecule has 0 unspecified atom stereocenters. The first-order valence-electron chi connectivity index (χ1n) is 9.02. The van der Waals surface area contributed by atoms with Crippen molar-refractivity contribution in [2.75, 3.05) is 12.4 Å². The van der Waals surface area contributed by atoms with E-state index in [9.17, 15) is 9.59 Å². The van der Waals surface area contributed by atoms with Crippen molar-refractivity contribution in [1.82, 2.24) is 5.32 Å². The first-order chi connectivity index (χ1) is 11.9. The summed E-state index contributed by atoms with van der Waals surface area (Å²) in [4.78, 5) is 25.0. The molecular weight excluding hydrogens is 334 g/mol. The summed E-state index contributed by atoms with van der Waals surface area (Å²) in [7, 11) is 0. The van der Waals surface area contributed by atoms with Crippen molar-refractivity contribution < 1.29 is 14.3 Å². The van der Waals surface area contributed by atoms with Crippen molar-refractivity contribution in [1.29, 1.82) is 0 Å². The molecule has 0 heterocycles. The maximum atomic E-state index is 12.0. The van der Waals surface area contributed by atoms with Gasteiger partial charge in [-0.15, -0.1) is 11.8 Å². The Labute approximate surface area is 155 Å². The number of carbonyl (C=O) groups is 2. The summed E-state index contributed by atoms with van der Waals surface area (Å²) in [6.45, 7) is 8.27. The molecule has 1 aliphatic rings. The van der Waals surface area contributed by atoms with Crippen LogP contribution in [-0.4, -0.2) is 30.3 Å². The van der Waals surface area contributed by atoms with Crippen molar-refractivity contribution in [3.8, 4) is 0 Å². The van der Waals surface area contributed by atoms with Gasteiger partial charge in [0.05, 0.1) is 5.75 Å². The van der Waals surface area contributed by atoms with Crippen molar-refractivity contribution in [3.63, 3.8) is 0 Å². The largest absolute Gasteiger partial charge is 0.455 e. The molecular formula is C20H29NO3S. The lowest BCUT2D eigenvalue weighted by molar-refractivity contribution is -0.146. The van der Waals surface area contributed by atoms with E-state index < -0.39 is 0 Å². The number of thioether (sulfide) groups is 1. The van der Waals surface area contributed by atoms with Gasteiger partial charge in [0.25, 0.3) is 5.91 Å². The quantitative estimate of drug-likeness (QED) is 0.615. The second kappa shape index (κ2) is 9.27. The molecule has 1 aliphatic carbocycles. The second-order valence-corrected chi connectivity index (χ2v) is 8.18. The third kappa shape index (κ3) is 6.07. The average Bonchev–Trinajstić information content (AvgIpc) is 2.58. The van der Waals surface area contributed by atoms with Crippen LogP contribution >= 0.6 is 11.8 Å². The third-order valence-electron chi connectivity index (χ3n) is 5.11. The number of aryl methyl sites for hydroxylation is 2. The van der Waals surface area contributed by atoms with Gasteiger partial charge >= 0.3 is 5.97 Å². The molecule has 3 atom stereocenters. The van der Waals surface area contributed by atoms with Gasteiger partial charge in [-0.1, -0.05) is 44.4 Å². The molecule has 2 rings (SSSR count). The number of amides is 1. The van der Waals surface area contributed by atoms with E-state index in [0.717, 1.165) is 28.9 Å². The number of benzene rings is 1. The van der Waals surface area contributed by atoms with E-state index in [0.29, 0.717) is 11.8 Å². The van der Waals surface area contributed by atoms with Gasteiger partial charge in [-0.25, -0.2) is 0 Å². The normalized spacial score (nSPS) is 23.1. The van der Waals surface area contributed by atoms with Gasteiger partial charge in [-0.05, 0) is 43.7 Å². The van der Waals surface area contributed by atoms with Crippen LogP contribution < -0.4 is 5.32 Å². The molecule has 5 heteroatoms. The van der Waals surface area contributed by atoms with Crippen LogP contribution in [0.4, 0.5) is 0 Å². The summed E-state index contributed by atoms with van der Waals surface area (Å²) in [5.41, 5.74) is 2.30. The van der Waals surface area contributed by atoms with E-state index in [4.69, 9.17) is 4.74 Å². The predicted molar refractivity (Wildman–Crippen MR) is 102 cm³/mol. The fraction of sp³-hybridized carbons (Fsp3) is 0.600. The number of hydrogen-bond donors (Lipinski definition) is 1. The molecule has 1 amide bonds. The Hall–Kier alpha value is -1.49. The molecule has 0 aliphatic heterocycles. The molecule has 0 spiro atoms. The van der Waals surface area contributed by atoms with Gasteiger partial charge in [0, 0.05) is 10.9 Å². The van der Waals surface area contributed by atoms with Gasteiger partial charge in [-0.2, -0.15) is 0 Å². The molecule has 0 saturated heterocycles. The first-order valence-corrected chi connectivity index (χ1v) is 10.0. The minimum Gasteiger partial charge on any atom is -0.455 e. The fourth-order valence-corrected chi connectivity index (χ4v) is 4.14. The number of carbonyl (C=O) groups excluding carboxylic acids is 2. The maximum Gasteiger partial charge on any atom is 0.316 e. The van der Waals surface area contributed by atoms with E-state index in [1.807, 2.05) is 19.9 Å². The Morgan fingerprint density at radius 1 is 1.24 bits per heavy atom. The van der Waals surface area contributed by atoms with E-state index in [1.54, 1.807) is 0 Å². The number of nitrogens with one attached hydrogen (secondary N) is 1. The molecule has 0 radical (unpaired) electrons. The lowest BCUT2D eigenvalue weighted by Gasteiger charge is -2.34. The highest BCUT2D eigenvalue weighted by atomic mass is 32.2. The summed E-state index contributed by atoms with van der Waals surface area (Å²) in [5.74, 6) is 0.750. The van der Waals surface area contributed by atoms with Crippen LogP contribution in [0.2, 0.25) is 0 Å². The van der Waals surface area contributed by atoms with Crippen LogP contribution in [0, 0.1) is 25.7 Å². The van der Waals surface area contributed by atoms with Crippen LogP contribution in [0.3, 0.4) is 0 Å². The van der Waals surface area contributed by atoms with Crippen LogP contribution in [0.25, 0.3) is 0 Å². The van der Waals surface area contributed by atoms with Crippen molar-refractivity contribution in [2.24, 2.45) is 11.8 Å². The number of esters is 1. The number of ether oxygens (including phenoxy) is 1. The zero-order chi connectivity index (χ0) is 18.4. The molecule has 0 aromatic heterocycles. The zero-order valence-corrected chi connectivity index (χ0v) is 16.4. The van der Waals surface area contributed by atoms with Gasteiger partial charge in [-0.3, -0.25) is 9.59 Å². The Balaban J connectivity index is 1.72. The Morgan fingerprint density at radius 2 is 2.00 bits per heavy atom. The fourth-order valence-electron chi connectivity index (χ4n) is 3.22. The first kappa shape index (κ1) is 19.8. The van der Waals surface area contributed by atoms with Gasteiger partial charge < -0.3 is 10.1 Å². The van der Waals surface area contributed by atoms with Crippen molar-refractivity contribution in [3.05, 3.63) is 29.3 Å². The molecule has 25 heavy (non-hydrogen) atoms. The van der Waals surface area contributed by atoms with Gasteiger partial charge in [0.2, 0.25) is 0 Å². The highest BCUT2D eigenvalue weighted by Crippen LogP contribution is 2.29. The SMILES string of the molecule is Cc1ccc(C)c(SCC(=O)OCC(=O)N[C@@H]2CCC[C@@H](C)[C@@H]2C)c1. The van der Waals surface area contributed by atoms with E-state index >= 15 is 0 Å². The minimum absolute atomic E-state index is 0.191. The summed E-state index contributed by atoms with van der Waals surface area (Å²) in [6.07, 6.45) is 3.37. The van der Waals surface area contributed by atoms with Gasteiger partial charge in [0.1, 0.15) is 0 Å². The lowest BCUT2D eigenvalue weighted by atomic mass is 9.78. The Morgan fingerprint density at radius 3 is 2.76 bits per heavy atom. The molecule has 1 saturated carbocycles. The molecule has 4 nitrogen and oxygen atoms in total. The summed E-state index contributed by atoms with van der Waals surface area (Å²) >= 11 is 1.45. The highest BCUT2D eigenvalue weighted by molar-refractivity contribution is 8.00. The predicted octanol–water partition coefficient (Wildman–Crippen LogP) is 3.88. The van der Waals surface area contributed by atoms with Crippen molar-refractivity contribution >= 4 is 23.6 Å². The van der Waals surface area contributed by atoms with Crippen molar-refractivity contribution in [2.45, 2.75) is 57.9 Å². The van der Waals surface area contributed by atoms with Crippen LogP contribution in [-0.2, 0) is 14.3 Å². The Bertz CT molecular complexity index is 617. The smallest absolute Gasteiger partial charge is 0.316 e.